The molecule has 1 aromatic rings. The number of halogens is 1. The topological polar surface area (TPSA) is 58.4 Å². The quantitative estimate of drug-likeness (QED) is 0.839. The Bertz CT molecular complexity index is 450. The van der Waals surface area contributed by atoms with E-state index in [1.807, 2.05) is 13.1 Å². The normalized spacial score (nSPS) is 19.2. The highest BCUT2D eigenvalue weighted by atomic mass is 19.1. The molecule has 0 radical (unpaired) electrons. The van der Waals surface area contributed by atoms with Crippen molar-refractivity contribution in [2.75, 3.05) is 18.5 Å². The van der Waals surface area contributed by atoms with Crippen molar-refractivity contribution < 1.29 is 9.18 Å². The molecular formula is C13H18FN3O. The number of benzene rings is 1. The molecular weight excluding hydrogens is 233 g/mol. The first-order valence-corrected chi connectivity index (χ1v) is 6.12. The van der Waals surface area contributed by atoms with E-state index >= 15 is 0 Å². The van der Waals surface area contributed by atoms with Gasteiger partial charge in [0.05, 0.1) is 5.69 Å². The molecule has 1 unspecified atom stereocenters. The van der Waals surface area contributed by atoms with E-state index in [0.717, 1.165) is 12.0 Å². The molecule has 1 aliphatic heterocycles. The van der Waals surface area contributed by atoms with Gasteiger partial charge < -0.3 is 16.0 Å². The van der Waals surface area contributed by atoms with Gasteiger partial charge in [-0.3, -0.25) is 4.79 Å². The van der Waals surface area contributed by atoms with Crippen molar-refractivity contribution in [3.8, 4) is 0 Å². The van der Waals surface area contributed by atoms with Gasteiger partial charge in [0.15, 0.2) is 0 Å². The first-order chi connectivity index (χ1) is 8.63. The molecule has 2 rings (SSSR count). The molecule has 1 aromatic carbocycles. The van der Waals surface area contributed by atoms with Crippen molar-refractivity contribution in [2.45, 2.75) is 25.4 Å². The lowest BCUT2D eigenvalue weighted by molar-refractivity contribution is -0.119. The standard InChI is InChI=1S/C13H18FN3O/c1-16-8-9-4-5-11(10(14)7-9)17-6-2-3-12(17)13(15)18/h4-5,7,12,16H,2-3,6,8H2,1H3,(H2,15,18). The Balaban J connectivity index is 2.25. The minimum absolute atomic E-state index is 0.295. The van der Waals surface area contributed by atoms with Crippen LogP contribution in [0.15, 0.2) is 18.2 Å². The second-order valence-corrected chi connectivity index (χ2v) is 4.57. The third-order valence-electron chi connectivity index (χ3n) is 3.28. The Morgan fingerprint density at radius 2 is 2.39 bits per heavy atom. The molecule has 1 fully saturated rings. The first kappa shape index (κ1) is 12.8. The molecule has 0 saturated carbocycles. The molecule has 0 aromatic heterocycles. The summed E-state index contributed by atoms with van der Waals surface area (Å²) in [7, 11) is 1.81. The zero-order valence-corrected chi connectivity index (χ0v) is 10.4. The summed E-state index contributed by atoms with van der Waals surface area (Å²) >= 11 is 0. The molecule has 98 valence electrons. The van der Waals surface area contributed by atoms with Gasteiger partial charge in [-0.25, -0.2) is 4.39 Å². The van der Waals surface area contributed by atoms with Crippen molar-refractivity contribution in [1.29, 1.82) is 0 Å². The Hall–Kier alpha value is -1.62. The summed E-state index contributed by atoms with van der Waals surface area (Å²) in [5.74, 6) is -0.679. The highest BCUT2D eigenvalue weighted by Crippen LogP contribution is 2.28. The Morgan fingerprint density at radius 1 is 1.61 bits per heavy atom. The fourth-order valence-electron chi connectivity index (χ4n) is 2.45. The number of carbonyl (C=O) groups excluding carboxylic acids is 1. The van der Waals surface area contributed by atoms with Gasteiger partial charge in [0.2, 0.25) is 5.91 Å². The molecule has 1 atom stereocenters. The van der Waals surface area contributed by atoms with Gasteiger partial charge in [0.25, 0.3) is 0 Å². The number of rotatable bonds is 4. The molecule has 1 amide bonds. The molecule has 0 spiro atoms. The average Bonchev–Trinajstić information content (AvgIpc) is 2.78. The smallest absolute Gasteiger partial charge is 0.240 e. The SMILES string of the molecule is CNCc1ccc(N2CCCC2C(N)=O)c(F)c1. The van der Waals surface area contributed by atoms with E-state index in [0.29, 0.717) is 25.2 Å². The van der Waals surface area contributed by atoms with Crippen LogP contribution in [0, 0.1) is 5.82 Å². The van der Waals surface area contributed by atoms with Gasteiger partial charge in [-0.1, -0.05) is 6.07 Å². The van der Waals surface area contributed by atoms with E-state index < -0.39 is 0 Å². The fraction of sp³-hybridized carbons (Fsp3) is 0.462. The van der Waals surface area contributed by atoms with Gasteiger partial charge in [-0.2, -0.15) is 0 Å². The molecule has 5 heteroatoms. The lowest BCUT2D eigenvalue weighted by Crippen LogP contribution is -2.40. The van der Waals surface area contributed by atoms with E-state index in [2.05, 4.69) is 5.32 Å². The Kier molecular flexibility index (Phi) is 3.81. The van der Waals surface area contributed by atoms with Gasteiger partial charge >= 0.3 is 0 Å². The van der Waals surface area contributed by atoms with Crippen LogP contribution in [0.3, 0.4) is 0 Å². The van der Waals surface area contributed by atoms with Gasteiger partial charge in [-0.05, 0) is 37.6 Å². The van der Waals surface area contributed by atoms with Crippen LogP contribution in [0.5, 0.6) is 0 Å². The zero-order valence-electron chi connectivity index (χ0n) is 10.4. The molecule has 4 nitrogen and oxygen atoms in total. The predicted molar refractivity (Wildman–Crippen MR) is 68.7 cm³/mol. The summed E-state index contributed by atoms with van der Waals surface area (Å²) in [6.07, 6.45) is 1.57. The van der Waals surface area contributed by atoms with Gasteiger partial charge in [-0.15, -0.1) is 0 Å². The Labute approximate surface area is 106 Å². The maximum Gasteiger partial charge on any atom is 0.240 e. The second-order valence-electron chi connectivity index (χ2n) is 4.57. The van der Waals surface area contributed by atoms with Crippen molar-refractivity contribution >= 4 is 11.6 Å². The number of primary amides is 1. The van der Waals surface area contributed by atoms with Crippen molar-refractivity contribution in [3.05, 3.63) is 29.6 Å². The summed E-state index contributed by atoms with van der Waals surface area (Å²) in [6.45, 7) is 1.30. The number of nitrogens with zero attached hydrogens (tertiary/aromatic N) is 1. The lowest BCUT2D eigenvalue weighted by atomic mass is 10.1. The van der Waals surface area contributed by atoms with E-state index in [1.165, 1.54) is 6.07 Å². The average molecular weight is 251 g/mol. The highest BCUT2D eigenvalue weighted by molar-refractivity contribution is 5.84. The minimum Gasteiger partial charge on any atom is -0.368 e. The number of carbonyl (C=O) groups is 1. The summed E-state index contributed by atoms with van der Waals surface area (Å²) < 4.78 is 14.0. The van der Waals surface area contributed by atoms with Crippen LogP contribution in [0.1, 0.15) is 18.4 Å². The van der Waals surface area contributed by atoms with E-state index in [9.17, 15) is 9.18 Å². The maximum absolute atomic E-state index is 14.0. The monoisotopic (exact) mass is 251 g/mol. The first-order valence-electron chi connectivity index (χ1n) is 6.12. The molecule has 3 N–H and O–H groups in total. The number of hydrogen-bond donors (Lipinski definition) is 2. The van der Waals surface area contributed by atoms with Crippen molar-refractivity contribution in [3.63, 3.8) is 0 Å². The highest BCUT2D eigenvalue weighted by Gasteiger charge is 2.30. The molecule has 0 bridgehead atoms. The van der Waals surface area contributed by atoms with Crippen molar-refractivity contribution in [2.24, 2.45) is 5.73 Å². The van der Waals surface area contributed by atoms with Crippen LogP contribution >= 0.6 is 0 Å². The number of hydrogen-bond acceptors (Lipinski definition) is 3. The zero-order chi connectivity index (χ0) is 13.1. The third kappa shape index (κ3) is 2.46. The summed E-state index contributed by atoms with van der Waals surface area (Å²) in [4.78, 5) is 13.1. The summed E-state index contributed by atoms with van der Waals surface area (Å²) in [6, 6.07) is 4.71. The Morgan fingerprint density at radius 3 is 3.00 bits per heavy atom. The van der Waals surface area contributed by atoms with Gasteiger partial charge in [0.1, 0.15) is 11.9 Å². The molecule has 1 aliphatic rings. The largest absolute Gasteiger partial charge is 0.368 e. The van der Waals surface area contributed by atoms with E-state index in [1.54, 1.807) is 11.0 Å². The summed E-state index contributed by atoms with van der Waals surface area (Å²) in [5, 5.41) is 2.97. The van der Waals surface area contributed by atoms with Crippen LogP contribution in [-0.4, -0.2) is 25.5 Å². The van der Waals surface area contributed by atoms with Crippen LogP contribution in [0.25, 0.3) is 0 Å². The van der Waals surface area contributed by atoms with Crippen LogP contribution in [0.4, 0.5) is 10.1 Å². The molecule has 18 heavy (non-hydrogen) atoms. The maximum atomic E-state index is 14.0. The van der Waals surface area contributed by atoms with E-state index in [-0.39, 0.29) is 17.8 Å². The molecule has 1 heterocycles. The molecule has 1 saturated heterocycles. The van der Waals surface area contributed by atoms with Crippen LogP contribution in [-0.2, 0) is 11.3 Å². The summed E-state index contributed by atoms with van der Waals surface area (Å²) in [5.41, 5.74) is 6.69. The number of anilines is 1. The minimum atomic E-state index is -0.383. The van der Waals surface area contributed by atoms with Gasteiger partial charge in [0, 0.05) is 13.1 Å². The predicted octanol–water partition coefficient (Wildman–Crippen LogP) is 0.999. The third-order valence-corrected chi connectivity index (χ3v) is 3.28. The van der Waals surface area contributed by atoms with Crippen LogP contribution in [0.2, 0.25) is 0 Å². The van der Waals surface area contributed by atoms with Crippen molar-refractivity contribution in [1.82, 2.24) is 5.32 Å². The number of nitrogens with two attached hydrogens (primary N) is 1. The number of amides is 1. The fourth-order valence-corrected chi connectivity index (χ4v) is 2.45. The lowest BCUT2D eigenvalue weighted by Gasteiger charge is -2.25. The van der Waals surface area contributed by atoms with E-state index in [4.69, 9.17) is 5.73 Å². The van der Waals surface area contributed by atoms with Crippen LogP contribution < -0.4 is 16.0 Å². The molecule has 0 aliphatic carbocycles. The second kappa shape index (κ2) is 5.35. The number of nitrogens with one attached hydrogen (secondary N) is 1.